The molecule has 3 aromatic carbocycles. The van der Waals surface area contributed by atoms with E-state index < -0.39 is 38.8 Å². The van der Waals surface area contributed by atoms with Gasteiger partial charge in [-0.25, -0.2) is 26.3 Å². The first-order valence-electron chi connectivity index (χ1n) is 14.6. The van der Waals surface area contributed by atoms with Gasteiger partial charge in [-0.05, 0) is 80.3 Å². The number of halogens is 3. The minimum atomic E-state index is -3.33. The minimum Gasteiger partial charge on any atom is -0.338 e. The lowest BCUT2D eigenvalue weighted by atomic mass is 10.00. The maximum absolute atomic E-state index is 14.3. The smallest absolute Gasteiger partial charge is 0.276 e. The van der Waals surface area contributed by atoms with Crippen LogP contribution in [0.25, 0.3) is 5.69 Å². The summed E-state index contributed by atoms with van der Waals surface area (Å²) in [5.41, 5.74) is 1.97. The summed E-state index contributed by atoms with van der Waals surface area (Å²) >= 11 is 0. The molecule has 0 radical (unpaired) electrons. The maximum atomic E-state index is 14.3. The van der Waals surface area contributed by atoms with Gasteiger partial charge in [-0.3, -0.25) is 19.2 Å². The summed E-state index contributed by atoms with van der Waals surface area (Å²) in [7, 11) is -1.57. The van der Waals surface area contributed by atoms with Gasteiger partial charge in [0.05, 0.1) is 16.1 Å². The number of amides is 1. The average Bonchev–Trinajstić information content (AvgIpc) is 3.22. The van der Waals surface area contributed by atoms with E-state index in [1.54, 1.807) is 48.1 Å². The van der Waals surface area contributed by atoms with E-state index in [9.17, 15) is 31.2 Å². The number of aromatic nitrogens is 2. The van der Waals surface area contributed by atoms with E-state index in [0.717, 1.165) is 29.6 Å². The highest BCUT2D eigenvalue weighted by Gasteiger charge is 2.31. The van der Waals surface area contributed by atoms with E-state index in [4.69, 9.17) is 0 Å². The standard InChI is InChI=1S/C33H35F3N4O4S/c1-22-28(32(41)40(37(22)2)26-11-9-24(34)10-12-26)21-39(18-15-23-7-13-27(14-8-23)45(3,43)44)25-16-19-38(20-17-25)33(42)31-29(35)5-4-6-30(31)36/h4-14,25H,15-21H2,1-3H3. The number of carbonyl (C=O) groups is 1. The van der Waals surface area contributed by atoms with Gasteiger partial charge in [0, 0.05) is 51.2 Å². The van der Waals surface area contributed by atoms with Crippen LogP contribution in [0.4, 0.5) is 13.2 Å². The second kappa shape index (κ2) is 13.1. The van der Waals surface area contributed by atoms with Gasteiger partial charge < -0.3 is 4.90 Å². The van der Waals surface area contributed by atoms with Crippen molar-refractivity contribution in [2.75, 3.05) is 25.9 Å². The SMILES string of the molecule is Cc1c(CN(CCc2ccc(S(C)(=O)=O)cc2)C2CCN(C(=O)c3c(F)cccc3F)CC2)c(=O)n(-c2ccc(F)cc2)n1C. The molecule has 238 valence electrons. The third-order valence-electron chi connectivity index (χ3n) is 8.59. The van der Waals surface area contributed by atoms with Crippen LogP contribution in [-0.2, 0) is 29.9 Å². The van der Waals surface area contributed by atoms with E-state index in [0.29, 0.717) is 43.6 Å². The predicted octanol–water partition coefficient (Wildman–Crippen LogP) is 4.65. The maximum Gasteiger partial charge on any atom is 0.276 e. The topological polar surface area (TPSA) is 84.6 Å². The van der Waals surface area contributed by atoms with E-state index in [2.05, 4.69) is 4.90 Å². The Morgan fingerprint density at radius 3 is 2.11 bits per heavy atom. The number of piperidine rings is 1. The zero-order chi connectivity index (χ0) is 32.5. The lowest BCUT2D eigenvalue weighted by molar-refractivity contribution is 0.0599. The molecule has 0 spiro atoms. The molecule has 2 heterocycles. The lowest BCUT2D eigenvalue weighted by Crippen LogP contribution is -2.47. The third-order valence-corrected chi connectivity index (χ3v) is 9.72. The zero-order valence-electron chi connectivity index (χ0n) is 25.3. The summed E-state index contributed by atoms with van der Waals surface area (Å²) in [5, 5.41) is 0. The zero-order valence-corrected chi connectivity index (χ0v) is 26.2. The molecule has 8 nitrogen and oxygen atoms in total. The Labute approximate surface area is 260 Å². The molecule has 0 N–H and O–H groups in total. The molecule has 45 heavy (non-hydrogen) atoms. The summed E-state index contributed by atoms with van der Waals surface area (Å²) in [5.74, 6) is -2.90. The van der Waals surface area contributed by atoms with E-state index >= 15 is 0 Å². The Hall–Kier alpha value is -4.16. The van der Waals surface area contributed by atoms with Crippen molar-refractivity contribution < 1.29 is 26.4 Å². The fraction of sp³-hybridized carbons (Fsp3) is 0.333. The fourth-order valence-corrected chi connectivity index (χ4v) is 6.51. The lowest BCUT2D eigenvalue weighted by Gasteiger charge is -2.38. The first-order valence-corrected chi connectivity index (χ1v) is 16.5. The van der Waals surface area contributed by atoms with Crippen LogP contribution in [0.5, 0.6) is 0 Å². The normalized spacial score (nSPS) is 14.3. The number of nitrogens with zero attached hydrogens (tertiary/aromatic N) is 4. The summed E-state index contributed by atoms with van der Waals surface area (Å²) < 4.78 is 69.3. The van der Waals surface area contributed by atoms with Gasteiger partial charge in [-0.2, -0.15) is 0 Å². The van der Waals surface area contributed by atoms with Crippen molar-refractivity contribution in [2.24, 2.45) is 7.05 Å². The number of carbonyl (C=O) groups excluding carboxylic acids is 1. The van der Waals surface area contributed by atoms with Gasteiger partial charge in [0.2, 0.25) is 0 Å². The van der Waals surface area contributed by atoms with Crippen molar-refractivity contribution in [3.05, 3.63) is 117 Å². The van der Waals surface area contributed by atoms with Crippen LogP contribution >= 0.6 is 0 Å². The molecule has 1 aliphatic heterocycles. The van der Waals surface area contributed by atoms with Gasteiger partial charge in [0.1, 0.15) is 23.0 Å². The molecule has 1 amide bonds. The van der Waals surface area contributed by atoms with Crippen LogP contribution in [0, 0.1) is 24.4 Å². The van der Waals surface area contributed by atoms with Crippen molar-refractivity contribution in [1.29, 1.82) is 0 Å². The Morgan fingerprint density at radius 1 is 0.933 bits per heavy atom. The monoisotopic (exact) mass is 640 g/mol. The first-order chi connectivity index (χ1) is 21.3. The van der Waals surface area contributed by atoms with Crippen molar-refractivity contribution in [3.63, 3.8) is 0 Å². The van der Waals surface area contributed by atoms with E-state index in [-0.39, 0.29) is 29.6 Å². The number of sulfone groups is 1. The molecule has 1 fully saturated rings. The van der Waals surface area contributed by atoms with Gasteiger partial charge >= 0.3 is 0 Å². The summed E-state index contributed by atoms with van der Waals surface area (Å²) in [6.45, 7) is 3.25. The van der Waals surface area contributed by atoms with E-state index in [1.807, 2.05) is 6.92 Å². The Bertz CT molecular complexity index is 1840. The van der Waals surface area contributed by atoms with Crippen LogP contribution in [0.15, 0.2) is 76.4 Å². The summed E-state index contributed by atoms with van der Waals surface area (Å²) in [6.07, 6.45) is 2.77. The molecule has 0 aliphatic carbocycles. The Kier molecular flexibility index (Phi) is 9.36. The highest BCUT2D eigenvalue weighted by Crippen LogP contribution is 2.24. The highest BCUT2D eigenvalue weighted by molar-refractivity contribution is 7.90. The number of likely N-dealkylation sites (tertiary alicyclic amines) is 1. The molecule has 12 heteroatoms. The van der Waals surface area contributed by atoms with Crippen LogP contribution in [0.2, 0.25) is 0 Å². The fourth-order valence-electron chi connectivity index (χ4n) is 5.88. The summed E-state index contributed by atoms with van der Waals surface area (Å²) in [4.78, 5) is 30.6. The molecule has 1 aromatic heterocycles. The molecule has 1 saturated heterocycles. The Morgan fingerprint density at radius 2 is 1.53 bits per heavy atom. The number of rotatable bonds is 9. The van der Waals surface area contributed by atoms with Gasteiger partial charge in [-0.15, -0.1) is 0 Å². The molecule has 5 rings (SSSR count). The largest absolute Gasteiger partial charge is 0.338 e. The minimum absolute atomic E-state index is 0.0481. The second-order valence-corrected chi connectivity index (χ2v) is 13.5. The van der Waals surface area contributed by atoms with Crippen molar-refractivity contribution >= 4 is 15.7 Å². The molecule has 0 saturated carbocycles. The molecule has 0 bridgehead atoms. The molecule has 0 atom stereocenters. The van der Waals surface area contributed by atoms with Crippen molar-refractivity contribution in [1.82, 2.24) is 19.2 Å². The molecular formula is C33H35F3N4O4S. The van der Waals surface area contributed by atoms with Gasteiger partial charge in [0.15, 0.2) is 9.84 Å². The van der Waals surface area contributed by atoms with Gasteiger partial charge in [0.25, 0.3) is 11.5 Å². The summed E-state index contributed by atoms with van der Waals surface area (Å²) in [6, 6.07) is 15.7. The number of hydrogen-bond acceptors (Lipinski definition) is 5. The number of benzene rings is 3. The predicted molar refractivity (Wildman–Crippen MR) is 165 cm³/mol. The Balaban J connectivity index is 1.39. The highest BCUT2D eigenvalue weighted by atomic mass is 32.2. The quantitative estimate of drug-likeness (QED) is 0.266. The molecule has 0 unspecified atom stereocenters. The van der Waals surface area contributed by atoms with Crippen LogP contribution in [-0.4, -0.2) is 65.4 Å². The molecule has 1 aliphatic rings. The third kappa shape index (κ3) is 6.91. The van der Waals surface area contributed by atoms with Crippen LogP contribution in [0.1, 0.15) is 40.0 Å². The van der Waals surface area contributed by atoms with E-state index in [1.165, 1.54) is 27.8 Å². The van der Waals surface area contributed by atoms with Gasteiger partial charge in [-0.1, -0.05) is 18.2 Å². The van der Waals surface area contributed by atoms with Crippen LogP contribution in [0.3, 0.4) is 0 Å². The first kappa shape index (κ1) is 32.2. The second-order valence-electron chi connectivity index (χ2n) is 11.4. The molecular weight excluding hydrogens is 605 g/mol. The average molecular weight is 641 g/mol. The van der Waals surface area contributed by atoms with Crippen LogP contribution < -0.4 is 5.56 Å². The van der Waals surface area contributed by atoms with Crippen molar-refractivity contribution in [2.45, 2.75) is 43.7 Å². The number of hydrogen-bond donors (Lipinski definition) is 0. The van der Waals surface area contributed by atoms with Crippen molar-refractivity contribution in [3.8, 4) is 5.69 Å². The molecule has 4 aromatic rings.